The van der Waals surface area contributed by atoms with Crippen LogP contribution < -0.4 is 11.1 Å². The van der Waals surface area contributed by atoms with Crippen molar-refractivity contribution in [1.82, 2.24) is 4.98 Å². The van der Waals surface area contributed by atoms with Crippen molar-refractivity contribution in [3.8, 4) is 0 Å². The average Bonchev–Trinajstić information content (AvgIpc) is 2.79. The summed E-state index contributed by atoms with van der Waals surface area (Å²) >= 11 is 1.39. The fourth-order valence-electron chi connectivity index (χ4n) is 1.69. The molecular weight excluding hydrogens is 238 g/mol. The molecule has 0 spiro atoms. The Morgan fingerprint density at radius 2 is 2.53 bits per heavy atom. The van der Waals surface area contributed by atoms with Crippen LogP contribution in [-0.2, 0) is 9.53 Å². The molecule has 1 aliphatic rings. The number of rotatable bonds is 3. The fraction of sp³-hybridized carbons (Fsp3) is 0.636. The number of hydrogen-bond donors (Lipinski definition) is 2. The molecule has 2 atom stereocenters. The van der Waals surface area contributed by atoms with Gasteiger partial charge in [-0.25, -0.2) is 4.98 Å². The van der Waals surface area contributed by atoms with Gasteiger partial charge >= 0.3 is 0 Å². The number of nitrogens with zero attached hydrogens (tertiary/aromatic N) is 1. The number of carbonyl (C=O) groups is 1. The Kier molecular flexibility index (Phi) is 4.09. The van der Waals surface area contributed by atoms with Gasteiger partial charge in [0, 0.05) is 18.0 Å². The van der Waals surface area contributed by atoms with Crippen LogP contribution in [0.5, 0.6) is 0 Å². The molecule has 0 radical (unpaired) electrons. The number of anilines is 1. The number of hydrogen-bond acceptors (Lipinski definition) is 5. The second-order valence-corrected chi connectivity index (χ2v) is 5.07. The van der Waals surface area contributed by atoms with Crippen LogP contribution in [0.25, 0.3) is 0 Å². The Hall–Kier alpha value is -0.980. The van der Waals surface area contributed by atoms with Crippen molar-refractivity contribution in [3.05, 3.63) is 11.1 Å². The number of carbonyl (C=O) groups excluding carboxylic acids is 1. The Morgan fingerprint density at radius 1 is 1.71 bits per heavy atom. The molecule has 0 aromatic carbocycles. The number of ether oxygens (including phenoxy) is 1. The van der Waals surface area contributed by atoms with E-state index in [1.54, 1.807) is 0 Å². The third-order valence-electron chi connectivity index (χ3n) is 2.69. The van der Waals surface area contributed by atoms with Crippen molar-refractivity contribution in [1.29, 1.82) is 0 Å². The van der Waals surface area contributed by atoms with Gasteiger partial charge in [0.25, 0.3) is 5.91 Å². The zero-order chi connectivity index (χ0) is 12.3. The fourth-order valence-corrected chi connectivity index (χ4v) is 2.50. The van der Waals surface area contributed by atoms with E-state index in [1.165, 1.54) is 11.3 Å². The largest absolute Gasteiger partial charge is 0.368 e. The number of nitrogens with one attached hydrogen (secondary N) is 1. The third-order valence-corrected chi connectivity index (χ3v) is 3.47. The molecular formula is C11H17N3O2S. The molecule has 0 saturated carbocycles. The summed E-state index contributed by atoms with van der Waals surface area (Å²) in [5, 5.41) is 5.23. The van der Waals surface area contributed by atoms with Crippen molar-refractivity contribution in [2.45, 2.75) is 38.3 Å². The summed E-state index contributed by atoms with van der Waals surface area (Å²) in [6, 6.07) is -0.108. The lowest BCUT2D eigenvalue weighted by molar-refractivity contribution is -0.129. The predicted octanol–water partition coefficient (Wildman–Crippen LogP) is 1.67. The minimum atomic E-state index is -0.327. The molecule has 2 heterocycles. The Balaban J connectivity index is 1.92. The van der Waals surface area contributed by atoms with E-state index in [9.17, 15) is 4.79 Å². The van der Waals surface area contributed by atoms with E-state index in [1.807, 2.05) is 12.3 Å². The van der Waals surface area contributed by atoms with E-state index in [0.717, 1.165) is 25.0 Å². The molecule has 94 valence electrons. The molecule has 1 aromatic heterocycles. The first-order valence-corrected chi connectivity index (χ1v) is 6.68. The first kappa shape index (κ1) is 12.5. The molecule has 17 heavy (non-hydrogen) atoms. The highest BCUT2D eigenvalue weighted by atomic mass is 32.1. The van der Waals surface area contributed by atoms with E-state index in [-0.39, 0.29) is 18.1 Å². The van der Waals surface area contributed by atoms with Gasteiger partial charge in [-0.15, -0.1) is 11.3 Å². The molecule has 1 aliphatic heterocycles. The van der Waals surface area contributed by atoms with Crippen molar-refractivity contribution in [2.24, 2.45) is 5.73 Å². The van der Waals surface area contributed by atoms with Gasteiger partial charge in [-0.3, -0.25) is 10.1 Å². The maximum Gasteiger partial charge on any atom is 0.255 e. The summed E-state index contributed by atoms with van der Waals surface area (Å²) in [7, 11) is 0. The highest BCUT2D eigenvalue weighted by molar-refractivity contribution is 7.13. The minimum Gasteiger partial charge on any atom is -0.368 e. The molecule has 1 amide bonds. The highest BCUT2D eigenvalue weighted by Crippen LogP contribution is 2.20. The van der Waals surface area contributed by atoms with Crippen LogP contribution in [0.3, 0.4) is 0 Å². The standard InChI is InChI=1S/C11H17N3O2S/c1-7(12)8-6-17-11(13-8)14-10(15)9-4-2-3-5-16-9/h6-7,9H,2-5,12H2,1H3,(H,13,14,15). The van der Waals surface area contributed by atoms with Gasteiger partial charge in [0.05, 0.1) is 5.69 Å². The molecule has 0 aliphatic carbocycles. The minimum absolute atomic E-state index is 0.102. The molecule has 1 aromatic rings. The van der Waals surface area contributed by atoms with Crippen LogP contribution in [0.4, 0.5) is 5.13 Å². The molecule has 2 unspecified atom stereocenters. The van der Waals surface area contributed by atoms with Gasteiger partial charge < -0.3 is 10.5 Å². The van der Waals surface area contributed by atoms with E-state index in [2.05, 4.69) is 10.3 Å². The second kappa shape index (κ2) is 5.57. The molecule has 3 N–H and O–H groups in total. The predicted molar refractivity (Wildman–Crippen MR) is 66.9 cm³/mol. The lowest BCUT2D eigenvalue weighted by atomic mass is 10.1. The quantitative estimate of drug-likeness (QED) is 0.861. The average molecular weight is 255 g/mol. The number of thiazole rings is 1. The van der Waals surface area contributed by atoms with Crippen LogP contribution in [0.15, 0.2) is 5.38 Å². The summed E-state index contributed by atoms with van der Waals surface area (Å²) < 4.78 is 5.41. The van der Waals surface area contributed by atoms with Crippen molar-refractivity contribution >= 4 is 22.4 Å². The SMILES string of the molecule is CC(N)c1csc(NC(=O)C2CCCCO2)n1. The zero-order valence-electron chi connectivity index (χ0n) is 9.81. The first-order valence-electron chi connectivity index (χ1n) is 5.80. The maximum absolute atomic E-state index is 11.8. The van der Waals surface area contributed by atoms with Crippen LogP contribution in [0, 0.1) is 0 Å². The molecule has 6 heteroatoms. The molecule has 0 bridgehead atoms. The summed E-state index contributed by atoms with van der Waals surface area (Å²) in [5.41, 5.74) is 6.51. The lowest BCUT2D eigenvalue weighted by Crippen LogP contribution is -2.33. The Labute approximate surface area is 104 Å². The maximum atomic E-state index is 11.8. The normalized spacial score (nSPS) is 22.1. The van der Waals surface area contributed by atoms with Gasteiger partial charge in [-0.05, 0) is 26.2 Å². The number of nitrogens with two attached hydrogens (primary N) is 1. The number of amides is 1. The summed E-state index contributed by atoms with van der Waals surface area (Å²) in [4.78, 5) is 16.1. The van der Waals surface area contributed by atoms with E-state index < -0.39 is 0 Å². The van der Waals surface area contributed by atoms with Gasteiger partial charge in [0.2, 0.25) is 0 Å². The van der Waals surface area contributed by atoms with E-state index >= 15 is 0 Å². The molecule has 5 nitrogen and oxygen atoms in total. The Morgan fingerprint density at radius 3 is 3.12 bits per heavy atom. The topological polar surface area (TPSA) is 77.2 Å². The number of aromatic nitrogens is 1. The van der Waals surface area contributed by atoms with Crippen molar-refractivity contribution in [2.75, 3.05) is 11.9 Å². The molecule has 2 rings (SSSR count). The van der Waals surface area contributed by atoms with Gasteiger partial charge in [0.15, 0.2) is 5.13 Å². The van der Waals surface area contributed by atoms with Crippen molar-refractivity contribution < 1.29 is 9.53 Å². The lowest BCUT2D eigenvalue weighted by Gasteiger charge is -2.20. The third kappa shape index (κ3) is 3.24. The molecule has 1 saturated heterocycles. The van der Waals surface area contributed by atoms with Crippen LogP contribution in [0.2, 0.25) is 0 Å². The first-order chi connectivity index (χ1) is 8.16. The monoisotopic (exact) mass is 255 g/mol. The van der Waals surface area contributed by atoms with Crippen LogP contribution in [-0.4, -0.2) is 23.6 Å². The summed E-state index contributed by atoms with van der Waals surface area (Å²) in [5.74, 6) is -0.102. The van der Waals surface area contributed by atoms with Gasteiger partial charge in [-0.1, -0.05) is 0 Å². The smallest absolute Gasteiger partial charge is 0.255 e. The van der Waals surface area contributed by atoms with E-state index in [0.29, 0.717) is 11.7 Å². The zero-order valence-corrected chi connectivity index (χ0v) is 10.6. The van der Waals surface area contributed by atoms with Gasteiger partial charge in [0.1, 0.15) is 6.10 Å². The summed E-state index contributed by atoms with van der Waals surface area (Å²) in [6.45, 7) is 2.53. The Bertz CT molecular complexity index is 386. The van der Waals surface area contributed by atoms with Gasteiger partial charge in [-0.2, -0.15) is 0 Å². The highest BCUT2D eigenvalue weighted by Gasteiger charge is 2.22. The van der Waals surface area contributed by atoms with Crippen molar-refractivity contribution in [3.63, 3.8) is 0 Å². The van der Waals surface area contributed by atoms with E-state index in [4.69, 9.17) is 10.5 Å². The summed E-state index contributed by atoms with van der Waals surface area (Å²) in [6.07, 6.45) is 2.54. The molecule has 1 fully saturated rings. The van der Waals surface area contributed by atoms with Crippen LogP contribution in [0.1, 0.15) is 37.9 Å². The second-order valence-electron chi connectivity index (χ2n) is 4.21. The van der Waals surface area contributed by atoms with Crippen LogP contribution >= 0.6 is 11.3 Å².